The van der Waals surface area contributed by atoms with Gasteiger partial charge in [-0.3, -0.25) is 4.18 Å². The van der Waals surface area contributed by atoms with E-state index < -0.39 is 10.1 Å². The third-order valence-corrected chi connectivity index (χ3v) is 4.12. The van der Waals surface area contributed by atoms with Crippen LogP contribution in [0, 0.1) is 6.92 Å². The molecule has 0 bridgehead atoms. The van der Waals surface area contributed by atoms with Crippen LogP contribution in [0.25, 0.3) is 0 Å². The topological polar surface area (TPSA) is 43.4 Å². The monoisotopic (exact) mass is 252 g/mol. The lowest BCUT2D eigenvalue weighted by atomic mass is 10.1. The lowest BCUT2D eigenvalue weighted by Crippen LogP contribution is -2.18. The molecule has 1 aromatic rings. The van der Waals surface area contributed by atoms with Gasteiger partial charge in [0.05, 0.1) is 11.0 Å². The maximum atomic E-state index is 12.0. The van der Waals surface area contributed by atoms with Crippen LogP contribution in [0.1, 0.15) is 24.8 Å². The zero-order valence-electron chi connectivity index (χ0n) is 9.80. The second-order valence-electron chi connectivity index (χ2n) is 4.26. The normalized spacial score (nSPS) is 20.4. The van der Waals surface area contributed by atoms with Gasteiger partial charge in [0.1, 0.15) is 0 Å². The summed E-state index contributed by atoms with van der Waals surface area (Å²) in [4.78, 5) is 0.224. The summed E-state index contributed by atoms with van der Waals surface area (Å²) in [5.41, 5.74) is 1.03. The van der Waals surface area contributed by atoms with Crippen molar-refractivity contribution in [2.45, 2.75) is 37.2 Å². The van der Waals surface area contributed by atoms with E-state index in [2.05, 4.69) is 0 Å². The van der Waals surface area contributed by atoms with E-state index in [4.69, 9.17) is 4.18 Å². The highest BCUT2D eigenvalue weighted by atomic mass is 32.2. The minimum atomic E-state index is -3.63. The quantitative estimate of drug-likeness (QED) is 0.613. The molecule has 0 aliphatic heterocycles. The Bertz CT molecular complexity index is 500. The first-order valence-corrected chi connectivity index (χ1v) is 7.15. The third kappa shape index (κ3) is 3.17. The van der Waals surface area contributed by atoms with Gasteiger partial charge >= 0.3 is 0 Å². The number of hydrogen-bond acceptors (Lipinski definition) is 3. The van der Waals surface area contributed by atoms with E-state index in [0.29, 0.717) is 0 Å². The zero-order chi connectivity index (χ0) is 12.3. The Hall–Kier alpha value is -1.13. The molecule has 92 valence electrons. The molecule has 1 atom stereocenters. The molecule has 1 aromatic carbocycles. The summed E-state index contributed by atoms with van der Waals surface area (Å²) in [6, 6.07) is 6.70. The van der Waals surface area contributed by atoms with Crippen LogP contribution >= 0.6 is 0 Å². The van der Waals surface area contributed by atoms with Crippen molar-refractivity contribution in [2.24, 2.45) is 0 Å². The molecule has 0 spiro atoms. The van der Waals surface area contributed by atoms with Gasteiger partial charge in [-0.2, -0.15) is 8.42 Å². The predicted octanol–water partition coefficient (Wildman–Crippen LogP) is 2.81. The van der Waals surface area contributed by atoms with Crippen molar-refractivity contribution >= 4 is 10.1 Å². The van der Waals surface area contributed by atoms with Gasteiger partial charge in [0.2, 0.25) is 0 Å². The Morgan fingerprint density at radius 3 is 2.53 bits per heavy atom. The van der Waals surface area contributed by atoms with E-state index in [1.54, 1.807) is 24.3 Å². The van der Waals surface area contributed by atoms with Crippen LogP contribution in [0.5, 0.6) is 0 Å². The van der Waals surface area contributed by atoms with Crippen molar-refractivity contribution < 1.29 is 12.6 Å². The molecule has 17 heavy (non-hydrogen) atoms. The average molecular weight is 252 g/mol. The van der Waals surface area contributed by atoms with Crippen LogP contribution in [0.15, 0.2) is 41.3 Å². The largest absolute Gasteiger partial charge is 0.297 e. The molecule has 0 N–H and O–H groups in total. The number of rotatable bonds is 3. The van der Waals surface area contributed by atoms with E-state index in [1.807, 2.05) is 19.1 Å². The molecule has 1 aliphatic rings. The fraction of sp³-hybridized carbons (Fsp3) is 0.385. The Morgan fingerprint density at radius 2 is 1.94 bits per heavy atom. The van der Waals surface area contributed by atoms with Gasteiger partial charge in [-0.05, 0) is 38.3 Å². The summed E-state index contributed by atoms with van der Waals surface area (Å²) in [6.07, 6.45) is 6.24. The summed E-state index contributed by atoms with van der Waals surface area (Å²) in [5, 5.41) is 0. The SMILES string of the molecule is Cc1ccc(S(=O)(=O)OC2C=CCCC2)cc1. The van der Waals surface area contributed by atoms with Gasteiger partial charge in [0.15, 0.2) is 0 Å². The first-order valence-electron chi connectivity index (χ1n) is 5.74. The van der Waals surface area contributed by atoms with Gasteiger partial charge < -0.3 is 0 Å². The fourth-order valence-corrected chi connectivity index (χ4v) is 2.85. The smallest absolute Gasteiger partial charge is 0.259 e. The molecule has 0 heterocycles. The summed E-state index contributed by atoms with van der Waals surface area (Å²) in [5.74, 6) is 0. The second-order valence-corrected chi connectivity index (χ2v) is 5.83. The third-order valence-electron chi connectivity index (χ3n) is 2.77. The van der Waals surface area contributed by atoms with E-state index >= 15 is 0 Å². The van der Waals surface area contributed by atoms with Crippen LogP contribution in [0.2, 0.25) is 0 Å². The second kappa shape index (κ2) is 5.02. The maximum absolute atomic E-state index is 12.0. The molecule has 4 heteroatoms. The molecule has 1 unspecified atom stereocenters. The number of allylic oxidation sites excluding steroid dienone is 1. The summed E-state index contributed by atoms with van der Waals surface area (Å²) >= 11 is 0. The van der Waals surface area contributed by atoms with E-state index in [1.165, 1.54) is 0 Å². The molecule has 1 aliphatic carbocycles. The Kier molecular flexibility index (Phi) is 3.64. The molecule has 0 aromatic heterocycles. The molecule has 0 amide bonds. The van der Waals surface area contributed by atoms with Crippen molar-refractivity contribution in [3.63, 3.8) is 0 Å². The molecule has 2 rings (SSSR count). The Morgan fingerprint density at radius 1 is 1.24 bits per heavy atom. The lowest BCUT2D eigenvalue weighted by Gasteiger charge is -2.16. The fourth-order valence-electron chi connectivity index (χ4n) is 1.78. The lowest BCUT2D eigenvalue weighted by molar-refractivity contribution is 0.236. The van der Waals surface area contributed by atoms with Crippen LogP contribution in [-0.2, 0) is 14.3 Å². The zero-order valence-corrected chi connectivity index (χ0v) is 10.6. The van der Waals surface area contributed by atoms with Crippen LogP contribution in [0.3, 0.4) is 0 Å². The van der Waals surface area contributed by atoms with Crippen molar-refractivity contribution in [1.82, 2.24) is 0 Å². The van der Waals surface area contributed by atoms with Gasteiger partial charge in [-0.1, -0.05) is 29.8 Å². The number of aryl methyl sites for hydroxylation is 1. The minimum Gasteiger partial charge on any atom is -0.259 e. The van der Waals surface area contributed by atoms with Crippen molar-refractivity contribution in [2.75, 3.05) is 0 Å². The van der Waals surface area contributed by atoms with E-state index in [-0.39, 0.29) is 11.0 Å². The van der Waals surface area contributed by atoms with Crippen LogP contribution in [0.4, 0.5) is 0 Å². The molecule has 0 radical (unpaired) electrons. The standard InChI is InChI=1S/C13H16O3S/c1-11-7-9-13(10-8-11)17(14,15)16-12-5-3-2-4-6-12/h3,5,7-10,12H,2,4,6H2,1H3. The van der Waals surface area contributed by atoms with E-state index in [9.17, 15) is 8.42 Å². The first-order chi connectivity index (χ1) is 8.08. The Balaban J connectivity index is 2.15. The number of hydrogen-bond donors (Lipinski definition) is 0. The van der Waals surface area contributed by atoms with Crippen LogP contribution < -0.4 is 0 Å². The average Bonchev–Trinajstić information content (AvgIpc) is 2.30. The summed E-state index contributed by atoms with van der Waals surface area (Å²) in [7, 11) is -3.63. The minimum absolute atomic E-state index is 0.224. The molecule has 0 fully saturated rings. The van der Waals surface area contributed by atoms with Crippen molar-refractivity contribution in [1.29, 1.82) is 0 Å². The van der Waals surface area contributed by atoms with Gasteiger partial charge in [-0.15, -0.1) is 0 Å². The van der Waals surface area contributed by atoms with Crippen molar-refractivity contribution in [3.8, 4) is 0 Å². The molecular formula is C13H16O3S. The van der Waals surface area contributed by atoms with Gasteiger partial charge in [-0.25, -0.2) is 0 Å². The highest BCUT2D eigenvalue weighted by molar-refractivity contribution is 7.86. The molecule has 0 saturated carbocycles. The molecule has 3 nitrogen and oxygen atoms in total. The summed E-state index contributed by atoms with van der Waals surface area (Å²) < 4.78 is 29.1. The van der Waals surface area contributed by atoms with Gasteiger partial charge in [0.25, 0.3) is 10.1 Å². The molecule has 0 saturated heterocycles. The predicted molar refractivity (Wildman–Crippen MR) is 66.2 cm³/mol. The molecular weight excluding hydrogens is 236 g/mol. The van der Waals surface area contributed by atoms with Crippen molar-refractivity contribution in [3.05, 3.63) is 42.0 Å². The maximum Gasteiger partial charge on any atom is 0.297 e. The highest BCUT2D eigenvalue weighted by Crippen LogP contribution is 2.20. The van der Waals surface area contributed by atoms with Gasteiger partial charge in [0, 0.05) is 0 Å². The highest BCUT2D eigenvalue weighted by Gasteiger charge is 2.20. The number of benzene rings is 1. The first kappa shape index (κ1) is 12.3. The van der Waals surface area contributed by atoms with E-state index in [0.717, 1.165) is 24.8 Å². The van der Waals surface area contributed by atoms with Crippen LogP contribution in [-0.4, -0.2) is 14.5 Å². The summed E-state index contributed by atoms with van der Waals surface area (Å²) in [6.45, 7) is 1.92. The Labute approximate surface area is 102 Å².